The molecule has 0 saturated carbocycles. The topological polar surface area (TPSA) is 42.2 Å². The van der Waals surface area contributed by atoms with Gasteiger partial charge in [-0.15, -0.1) is 0 Å². The fraction of sp³-hybridized carbons (Fsp3) is 0.125. The molecular formula is C8H8ClNO2. The van der Waals surface area contributed by atoms with Crippen LogP contribution in [-0.4, -0.2) is 9.67 Å². The Hall–Kier alpha value is -1.22. The number of aliphatic hydroxyl groups is 1. The number of aliphatic hydroxyl groups excluding tert-OH is 1. The highest BCUT2D eigenvalue weighted by molar-refractivity contribution is 6.30. The first-order valence-corrected chi connectivity index (χ1v) is 3.64. The van der Waals surface area contributed by atoms with E-state index in [9.17, 15) is 4.79 Å². The zero-order valence-electron chi connectivity index (χ0n) is 6.54. The number of hydrogen-bond donors (Lipinski definition) is 1. The zero-order chi connectivity index (χ0) is 9.30. The minimum Gasteiger partial charge on any atom is -0.508 e. The minimum atomic E-state index is -0.313. The van der Waals surface area contributed by atoms with E-state index in [0.717, 1.165) is 0 Å². The predicted octanol–water partition coefficient (Wildman–Crippen LogP) is 1.57. The Bertz CT molecular complexity index is 381. The lowest BCUT2D eigenvalue weighted by atomic mass is 10.2. The SMILES string of the molecule is C=C(O)c1cc(Cl)cn(C)c1=O. The summed E-state index contributed by atoms with van der Waals surface area (Å²) >= 11 is 5.65. The summed E-state index contributed by atoms with van der Waals surface area (Å²) in [6.07, 6.45) is 1.47. The third-order valence-electron chi connectivity index (χ3n) is 1.46. The van der Waals surface area contributed by atoms with Crippen LogP contribution in [-0.2, 0) is 7.05 Å². The van der Waals surface area contributed by atoms with Gasteiger partial charge in [0, 0.05) is 13.2 Å². The van der Waals surface area contributed by atoms with Crippen LogP contribution in [0.1, 0.15) is 5.56 Å². The summed E-state index contributed by atoms with van der Waals surface area (Å²) in [4.78, 5) is 11.2. The first-order chi connectivity index (χ1) is 5.52. The van der Waals surface area contributed by atoms with E-state index in [1.165, 1.54) is 16.8 Å². The zero-order valence-corrected chi connectivity index (χ0v) is 7.30. The highest BCUT2D eigenvalue weighted by Gasteiger charge is 2.05. The quantitative estimate of drug-likeness (QED) is 0.675. The van der Waals surface area contributed by atoms with Gasteiger partial charge in [-0.3, -0.25) is 4.79 Å². The molecule has 1 aromatic heterocycles. The Labute approximate surface area is 74.5 Å². The van der Waals surface area contributed by atoms with Crippen LogP contribution in [0.4, 0.5) is 0 Å². The smallest absolute Gasteiger partial charge is 0.261 e. The van der Waals surface area contributed by atoms with Gasteiger partial charge in [-0.05, 0) is 6.07 Å². The molecule has 1 rings (SSSR count). The monoisotopic (exact) mass is 185 g/mol. The molecular weight excluding hydrogens is 178 g/mol. The number of aryl methyl sites for hydroxylation is 1. The summed E-state index contributed by atoms with van der Waals surface area (Å²) in [7, 11) is 1.56. The number of hydrogen-bond acceptors (Lipinski definition) is 2. The van der Waals surface area contributed by atoms with Crippen molar-refractivity contribution in [1.82, 2.24) is 4.57 Å². The molecule has 0 amide bonds. The second-order valence-electron chi connectivity index (χ2n) is 2.43. The molecule has 4 heteroatoms. The van der Waals surface area contributed by atoms with Crippen LogP contribution in [0.2, 0.25) is 5.02 Å². The maximum atomic E-state index is 11.2. The first kappa shape index (κ1) is 8.87. The number of rotatable bonds is 1. The van der Waals surface area contributed by atoms with Crippen LogP contribution in [0.25, 0.3) is 5.76 Å². The lowest BCUT2D eigenvalue weighted by Gasteiger charge is -2.02. The van der Waals surface area contributed by atoms with E-state index in [4.69, 9.17) is 16.7 Å². The van der Waals surface area contributed by atoms with Crippen molar-refractivity contribution in [3.63, 3.8) is 0 Å². The van der Waals surface area contributed by atoms with Gasteiger partial charge in [0.2, 0.25) is 0 Å². The molecule has 1 heterocycles. The summed E-state index contributed by atoms with van der Waals surface area (Å²) < 4.78 is 1.29. The molecule has 12 heavy (non-hydrogen) atoms. The number of aromatic nitrogens is 1. The second kappa shape index (κ2) is 3.03. The van der Waals surface area contributed by atoms with E-state index in [-0.39, 0.29) is 16.9 Å². The molecule has 1 aromatic rings. The van der Waals surface area contributed by atoms with Crippen molar-refractivity contribution < 1.29 is 5.11 Å². The number of halogens is 1. The van der Waals surface area contributed by atoms with Crippen LogP contribution < -0.4 is 5.56 Å². The third-order valence-corrected chi connectivity index (χ3v) is 1.67. The molecule has 3 nitrogen and oxygen atoms in total. The Morgan fingerprint density at radius 1 is 1.75 bits per heavy atom. The Morgan fingerprint density at radius 3 is 2.83 bits per heavy atom. The van der Waals surface area contributed by atoms with Gasteiger partial charge in [-0.25, -0.2) is 0 Å². The van der Waals surface area contributed by atoms with E-state index < -0.39 is 0 Å². The van der Waals surface area contributed by atoms with Crippen LogP contribution in [0, 0.1) is 0 Å². The first-order valence-electron chi connectivity index (χ1n) is 3.27. The van der Waals surface area contributed by atoms with Crippen molar-refractivity contribution in [3.05, 3.63) is 39.8 Å². The lowest BCUT2D eigenvalue weighted by Crippen LogP contribution is -2.19. The van der Waals surface area contributed by atoms with Gasteiger partial charge < -0.3 is 9.67 Å². The number of pyridine rings is 1. The third kappa shape index (κ3) is 1.51. The molecule has 0 aromatic carbocycles. The van der Waals surface area contributed by atoms with Gasteiger partial charge in [-0.2, -0.15) is 0 Å². The van der Waals surface area contributed by atoms with Crippen LogP contribution in [0.15, 0.2) is 23.6 Å². The average molecular weight is 186 g/mol. The van der Waals surface area contributed by atoms with Gasteiger partial charge in [0.05, 0.1) is 10.6 Å². The maximum Gasteiger partial charge on any atom is 0.261 e. The van der Waals surface area contributed by atoms with Crippen molar-refractivity contribution >= 4 is 17.4 Å². The van der Waals surface area contributed by atoms with Crippen molar-refractivity contribution in [2.24, 2.45) is 7.05 Å². The van der Waals surface area contributed by atoms with Gasteiger partial charge in [0.25, 0.3) is 5.56 Å². The molecule has 0 bridgehead atoms. The summed E-state index contributed by atoms with van der Waals surface area (Å²) in [5, 5.41) is 9.38. The highest BCUT2D eigenvalue weighted by Crippen LogP contribution is 2.10. The van der Waals surface area contributed by atoms with E-state index in [2.05, 4.69) is 6.58 Å². The Kier molecular flexibility index (Phi) is 2.24. The lowest BCUT2D eigenvalue weighted by molar-refractivity contribution is 0.511. The van der Waals surface area contributed by atoms with Crippen molar-refractivity contribution in [2.45, 2.75) is 0 Å². The van der Waals surface area contributed by atoms with E-state index in [1.807, 2.05) is 0 Å². The molecule has 0 saturated heterocycles. The van der Waals surface area contributed by atoms with E-state index in [1.54, 1.807) is 7.05 Å². The van der Waals surface area contributed by atoms with Crippen molar-refractivity contribution in [2.75, 3.05) is 0 Å². The predicted molar refractivity (Wildman–Crippen MR) is 48.4 cm³/mol. The normalized spacial score (nSPS) is 9.83. The van der Waals surface area contributed by atoms with Gasteiger partial charge in [0.15, 0.2) is 0 Å². The van der Waals surface area contributed by atoms with Crippen LogP contribution in [0.5, 0.6) is 0 Å². The minimum absolute atomic E-state index is 0.130. The Morgan fingerprint density at radius 2 is 2.33 bits per heavy atom. The molecule has 0 aliphatic rings. The molecule has 0 radical (unpaired) electrons. The molecule has 0 unspecified atom stereocenters. The van der Waals surface area contributed by atoms with Gasteiger partial charge >= 0.3 is 0 Å². The van der Waals surface area contributed by atoms with Gasteiger partial charge in [-0.1, -0.05) is 18.2 Å². The van der Waals surface area contributed by atoms with E-state index in [0.29, 0.717) is 5.02 Å². The Balaban J connectivity index is 3.49. The van der Waals surface area contributed by atoms with Crippen molar-refractivity contribution in [1.29, 1.82) is 0 Å². The number of nitrogens with zero attached hydrogens (tertiary/aromatic N) is 1. The molecule has 0 spiro atoms. The molecule has 0 aliphatic heterocycles. The fourth-order valence-corrected chi connectivity index (χ4v) is 1.13. The molecule has 0 atom stereocenters. The maximum absolute atomic E-state index is 11.2. The van der Waals surface area contributed by atoms with Crippen LogP contribution in [0.3, 0.4) is 0 Å². The van der Waals surface area contributed by atoms with Crippen molar-refractivity contribution in [3.8, 4) is 0 Å². The largest absolute Gasteiger partial charge is 0.508 e. The van der Waals surface area contributed by atoms with E-state index >= 15 is 0 Å². The van der Waals surface area contributed by atoms with Crippen LogP contribution >= 0.6 is 11.6 Å². The fourth-order valence-electron chi connectivity index (χ4n) is 0.877. The summed E-state index contributed by atoms with van der Waals surface area (Å²) in [6, 6.07) is 1.38. The highest BCUT2D eigenvalue weighted by atomic mass is 35.5. The standard InChI is InChI=1S/C8H8ClNO2/c1-5(11)7-3-6(9)4-10(2)8(7)12/h3-4,11H,1H2,2H3. The summed E-state index contributed by atoms with van der Waals surface area (Å²) in [5.74, 6) is -0.266. The average Bonchev–Trinajstić information content (AvgIpc) is 1.96. The molecule has 1 N–H and O–H groups in total. The molecule has 0 fully saturated rings. The molecule has 0 aliphatic carbocycles. The summed E-state index contributed by atoms with van der Waals surface area (Å²) in [5.41, 5.74) is -0.183. The molecule has 64 valence electrons. The summed E-state index contributed by atoms with van der Waals surface area (Å²) in [6.45, 7) is 3.25. The second-order valence-corrected chi connectivity index (χ2v) is 2.87. The van der Waals surface area contributed by atoms with Gasteiger partial charge in [0.1, 0.15) is 5.76 Å².